The molecule has 0 bridgehead atoms. The minimum absolute atomic E-state index is 0.132. The average Bonchev–Trinajstić information content (AvgIpc) is 4.17. The average molecular weight is 851 g/mol. The van der Waals surface area contributed by atoms with E-state index in [0.29, 0.717) is 0 Å². The summed E-state index contributed by atoms with van der Waals surface area (Å²) in [6.45, 7) is 16.3. The lowest BCUT2D eigenvalue weighted by Crippen LogP contribution is -2.39. The Labute approximate surface area is 376 Å². The van der Waals surface area contributed by atoms with Crippen LogP contribution in [0, 0.1) is 27.7 Å². The molecule has 4 aliphatic heterocycles. The molecule has 6 heterocycles. The maximum atomic E-state index is 6.17. The Bertz CT molecular complexity index is 3330. The molecule has 0 spiro atoms. The minimum atomic E-state index is -2.64. The lowest BCUT2D eigenvalue weighted by molar-refractivity contribution is 1.11. The maximum Gasteiger partial charge on any atom is 0.342 e. The van der Waals surface area contributed by atoms with E-state index in [1.165, 1.54) is 77.3 Å². The second-order valence-electron chi connectivity index (χ2n) is 17.6. The molecule has 0 amide bonds. The molecule has 7 heteroatoms. The molecular formula is C57H54N6Si+2. The fraction of sp³-hybridized carbons (Fsp3) is 0.175. The summed E-state index contributed by atoms with van der Waals surface area (Å²) in [5.74, 6) is 0. The van der Waals surface area contributed by atoms with Crippen molar-refractivity contribution in [3.8, 4) is 11.4 Å². The van der Waals surface area contributed by atoms with Crippen molar-refractivity contribution in [1.82, 2.24) is 19.3 Å². The van der Waals surface area contributed by atoms with Crippen LogP contribution in [0.1, 0.15) is 82.1 Å². The fourth-order valence-corrected chi connectivity index (χ4v) is 15.9. The van der Waals surface area contributed by atoms with Gasteiger partial charge in [-0.05, 0) is 172 Å². The number of allylic oxidation sites excluding steroid dienone is 5. The first-order valence-electron chi connectivity index (χ1n) is 22.5. The van der Waals surface area contributed by atoms with Gasteiger partial charge in [-0.3, -0.25) is 4.99 Å². The van der Waals surface area contributed by atoms with E-state index in [2.05, 4.69) is 168 Å². The zero-order chi connectivity index (χ0) is 44.3. The number of nitrogens with one attached hydrogen (secondary N) is 2. The Hall–Kier alpha value is -7.27. The van der Waals surface area contributed by atoms with Crippen LogP contribution in [0.3, 0.4) is 0 Å². The van der Waals surface area contributed by atoms with Crippen molar-refractivity contribution in [3.05, 3.63) is 205 Å². The zero-order valence-corrected chi connectivity index (χ0v) is 38.8. The number of nitrogens with zero attached hydrogens (tertiary/aromatic N) is 3. The molecule has 0 fully saturated rings. The Morgan fingerprint density at radius 2 is 1.44 bits per heavy atom. The van der Waals surface area contributed by atoms with Gasteiger partial charge in [0, 0.05) is 30.2 Å². The van der Waals surface area contributed by atoms with E-state index in [1.54, 1.807) is 6.20 Å². The zero-order valence-electron chi connectivity index (χ0n) is 37.8. The number of benzene rings is 4. The minimum Gasteiger partial charge on any atom is -0.404 e. The highest BCUT2D eigenvalue weighted by Gasteiger charge is 2.51. The molecule has 4 N–H and O–H groups in total. The second-order valence-corrected chi connectivity index (χ2v) is 22.2. The van der Waals surface area contributed by atoms with Crippen LogP contribution in [0.2, 0.25) is 12.1 Å². The summed E-state index contributed by atoms with van der Waals surface area (Å²) in [4.78, 5) is 13.1. The third-order valence-electron chi connectivity index (χ3n) is 14.0. The number of aromatic nitrogens is 2. The van der Waals surface area contributed by atoms with E-state index in [-0.39, 0.29) is 6.04 Å². The number of rotatable bonds is 10. The summed E-state index contributed by atoms with van der Waals surface area (Å²) in [7, 11) is -2.64. The molecule has 4 aromatic carbocycles. The van der Waals surface area contributed by atoms with Crippen molar-refractivity contribution < 1.29 is 0 Å². The van der Waals surface area contributed by atoms with Gasteiger partial charge in [0.2, 0.25) is 0 Å². The van der Waals surface area contributed by atoms with Crippen molar-refractivity contribution >= 4 is 65.8 Å². The number of nitrogens with two attached hydrogens (primary N) is 1. The monoisotopic (exact) mass is 850 g/mol. The molecule has 4 aliphatic rings. The highest BCUT2D eigenvalue weighted by Crippen LogP contribution is 2.58. The van der Waals surface area contributed by atoms with Crippen LogP contribution in [0.15, 0.2) is 138 Å². The first-order valence-corrected chi connectivity index (χ1v) is 25.0. The summed E-state index contributed by atoms with van der Waals surface area (Å²) < 4.78 is 9.72. The normalized spacial score (nSPS) is 17.8. The molecule has 6 nitrogen and oxygen atoms in total. The standard InChI is InChI=1S/C57H53N6Si/c1-8-64(9-2)56(49-24-22-47(62-49)45-20-14-26-59-45)53(51-34(3)28-41(29-35(51)4)38(7)43-18-12-10-16-39(43)32-58)54(57(64)50-25-23-48(63-50)46-21-15-27-60-46)52-36(5)30-42(31-37(52)6)55-44-19-13-11-17-40(44)33-61-55/h10-33,47H,8-9H2,1-7H3,(H3,58,60,61,62,63)/q+1/p+1. The van der Waals surface area contributed by atoms with Crippen molar-refractivity contribution in [2.24, 2.45) is 10.7 Å². The smallest absolute Gasteiger partial charge is 0.342 e. The highest BCUT2D eigenvalue weighted by atomic mass is 28.3. The molecule has 64 heavy (non-hydrogen) atoms. The molecule has 0 aliphatic carbocycles. The molecule has 2 aromatic heterocycles. The van der Waals surface area contributed by atoms with E-state index in [4.69, 9.17) is 20.1 Å². The molecule has 314 valence electrons. The predicted octanol–water partition coefficient (Wildman–Crippen LogP) is 8.97. The van der Waals surface area contributed by atoms with Gasteiger partial charge in [0.15, 0.2) is 6.04 Å². The van der Waals surface area contributed by atoms with Gasteiger partial charge in [0.05, 0.1) is 33.8 Å². The summed E-state index contributed by atoms with van der Waals surface area (Å²) in [5.41, 5.74) is 28.6. The second kappa shape index (κ2) is 16.1. The van der Waals surface area contributed by atoms with Crippen molar-refractivity contribution in [1.29, 1.82) is 0 Å². The van der Waals surface area contributed by atoms with Crippen LogP contribution in [-0.4, -0.2) is 53.6 Å². The molecule has 0 saturated carbocycles. The number of H-pyrrole nitrogens is 2. The van der Waals surface area contributed by atoms with Crippen LogP contribution in [0.5, 0.6) is 0 Å². The van der Waals surface area contributed by atoms with Crippen LogP contribution in [0.4, 0.5) is 0 Å². The van der Waals surface area contributed by atoms with Gasteiger partial charge in [0.25, 0.3) is 6.21 Å². The Balaban J connectivity index is 1.30. The predicted molar refractivity (Wildman–Crippen MR) is 275 cm³/mol. The van der Waals surface area contributed by atoms with Crippen molar-refractivity contribution in [2.45, 2.75) is 66.6 Å². The lowest BCUT2D eigenvalue weighted by Gasteiger charge is -2.32. The van der Waals surface area contributed by atoms with Crippen molar-refractivity contribution in [3.63, 3.8) is 0 Å². The molecule has 6 aromatic rings. The SMILES string of the molecule is CC[Si]1(CC)C(C2=NC(C3=[N+]=CC=C3)C=C2)=C(c2c(C)cc(/C(C)=c3\cccc\c3=C\N)cc2C)C(c2c(C)cc(C3=[N+]=Cc4ccccc43)cc2C)=C1c1ccc(-c2ccc[nH]2)[nH]1. The third-order valence-corrected chi connectivity index (χ3v) is 19.3. The first-order chi connectivity index (χ1) is 31.1. The lowest BCUT2D eigenvalue weighted by atomic mass is 9.81. The van der Waals surface area contributed by atoms with Crippen LogP contribution >= 0.6 is 0 Å². The molecule has 1 atom stereocenters. The number of aryl methyl sites for hydroxylation is 4. The van der Waals surface area contributed by atoms with Crippen LogP contribution < -0.4 is 25.5 Å². The van der Waals surface area contributed by atoms with E-state index in [9.17, 15) is 0 Å². The fourth-order valence-electron chi connectivity index (χ4n) is 11.0. The largest absolute Gasteiger partial charge is 0.404 e. The summed E-state index contributed by atoms with van der Waals surface area (Å²) >= 11 is 0. The van der Waals surface area contributed by atoms with Crippen molar-refractivity contribution in [2.75, 3.05) is 0 Å². The van der Waals surface area contributed by atoms with Gasteiger partial charge in [-0.15, -0.1) is 0 Å². The number of aliphatic imine (C=N–C) groups is 1. The summed E-state index contributed by atoms with van der Waals surface area (Å²) in [6.07, 6.45) is 16.2. The van der Waals surface area contributed by atoms with Gasteiger partial charge in [-0.2, -0.15) is 0 Å². The first kappa shape index (κ1) is 40.8. The Morgan fingerprint density at radius 1 is 0.750 bits per heavy atom. The van der Waals surface area contributed by atoms with E-state index in [1.807, 2.05) is 30.8 Å². The van der Waals surface area contributed by atoms with Gasteiger partial charge in [-0.1, -0.05) is 83.8 Å². The van der Waals surface area contributed by atoms with E-state index >= 15 is 0 Å². The van der Waals surface area contributed by atoms with E-state index < -0.39 is 8.07 Å². The maximum absolute atomic E-state index is 6.17. The van der Waals surface area contributed by atoms with E-state index in [0.717, 1.165) is 62.2 Å². The molecule has 10 rings (SSSR count). The number of hydrogen-bond donors (Lipinski definition) is 3. The van der Waals surface area contributed by atoms with Gasteiger partial charge >= 0.3 is 17.6 Å². The van der Waals surface area contributed by atoms with Gasteiger partial charge in [0.1, 0.15) is 8.07 Å². The molecule has 0 radical (unpaired) electrons. The molecule has 1 unspecified atom stereocenters. The summed E-state index contributed by atoms with van der Waals surface area (Å²) in [6, 6.07) is 37.1. The quantitative estimate of drug-likeness (QED) is 0.0930. The number of hydrogen-bond acceptors (Lipinski definition) is 2. The Kier molecular flexibility index (Phi) is 10.3. The van der Waals surface area contributed by atoms with Crippen LogP contribution in [0.25, 0.3) is 39.5 Å². The highest BCUT2D eigenvalue weighted by molar-refractivity contribution is 7.09. The van der Waals surface area contributed by atoms with Gasteiger partial charge < -0.3 is 15.7 Å². The van der Waals surface area contributed by atoms with Gasteiger partial charge in [-0.25, -0.2) is 0 Å². The Morgan fingerprint density at radius 3 is 2.12 bits per heavy atom. The summed E-state index contributed by atoms with van der Waals surface area (Å²) in [5, 5.41) is 5.03. The third kappa shape index (κ3) is 6.51. The number of aromatic amines is 2. The molecule has 0 saturated heterocycles. The van der Waals surface area contributed by atoms with Crippen LogP contribution in [-0.2, 0) is 0 Å². The topological polar surface area (TPSA) is 98.2 Å². The number of fused-ring (bicyclic) bond motifs is 1. The molecular weight excluding hydrogens is 797 g/mol.